The van der Waals surface area contributed by atoms with Gasteiger partial charge in [-0.3, -0.25) is 9.69 Å². The quantitative estimate of drug-likeness (QED) is 0.797. The molecule has 1 heterocycles. The minimum Gasteiger partial charge on any atom is -0.374 e. The van der Waals surface area contributed by atoms with Gasteiger partial charge in [0.05, 0.1) is 0 Å². The number of hydrogen-bond acceptors (Lipinski definition) is 3. The van der Waals surface area contributed by atoms with E-state index in [-0.39, 0.29) is 11.9 Å². The maximum Gasteiger partial charge on any atom is 0.324 e. The maximum absolute atomic E-state index is 12.1. The van der Waals surface area contributed by atoms with Crippen LogP contribution in [0.5, 0.6) is 0 Å². The molecule has 1 saturated heterocycles. The monoisotopic (exact) mass is 373 g/mol. The third-order valence-electron chi connectivity index (χ3n) is 3.05. The molecule has 0 bridgehead atoms. The number of nitrogens with one attached hydrogen (secondary N) is 2. The Morgan fingerprint density at radius 1 is 1.53 bits per heavy atom. The number of rotatable bonds is 3. The first-order valence-electron chi connectivity index (χ1n) is 6.11. The van der Waals surface area contributed by atoms with Gasteiger partial charge in [0, 0.05) is 22.3 Å². The fraction of sp³-hybridized carbons (Fsp3) is 0.385. The van der Waals surface area contributed by atoms with E-state index in [0.29, 0.717) is 13.1 Å². The summed E-state index contributed by atoms with van der Waals surface area (Å²) in [4.78, 5) is 24.8. The molecule has 1 aliphatic heterocycles. The van der Waals surface area contributed by atoms with E-state index in [1.165, 1.54) is 10.5 Å². The van der Waals surface area contributed by atoms with Gasteiger partial charge in [0.15, 0.2) is 0 Å². The molecule has 1 unspecified atom stereocenters. The van der Waals surface area contributed by atoms with E-state index < -0.39 is 6.04 Å². The molecule has 1 aliphatic rings. The van der Waals surface area contributed by atoms with Crippen LogP contribution in [0.3, 0.4) is 0 Å². The molecule has 0 aliphatic carbocycles. The van der Waals surface area contributed by atoms with Crippen LogP contribution in [0.1, 0.15) is 12.5 Å². The van der Waals surface area contributed by atoms with Crippen molar-refractivity contribution in [3.8, 4) is 0 Å². The van der Waals surface area contributed by atoms with Gasteiger partial charge < -0.3 is 10.6 Å². The fourth-order valence-corrected chi connectivity index (χ4v) is 2.43. The van der Waals surface area contributed by atoms with Crippen LogP contribution in [0, 0.1) is 10.5 Å². The lowest BCUT2D eigenvalue weighted by Crippen LogP contribution is -2.43. The summed E-state index contributed by atoms with van der Waals surface area (Å²) >= 11 is 2.26. The molecule has 1 atom stereocenters. The Kier molecular flexibility index (Phi) is 4.28. The van der Waals surface area contributed by atoms with Gasteiger partial charge in [-0.15, -0.1) is 0 Å². The highest BCUT2D eigenvalue weighted by Crippen LogP contribution is 2.18. The van der Waals surface area contributed by atoms with E-state index in [1.807, 2.05) is 25.1 Å². The molecular weight excluding hydrogens is 357 g/mol. The fourth-order valence-electron chi connectivity index (χ4n) is 1.91. The lowest BCUT2D eigenvalue weighted by molar-refractivity contribution is -0.128. The SMILES string of the molecule is Cc1ccc(NC(C)C(=O)N2CCNC2=O)cc1I. The highest BCUT2D eigenvalue weighted by Gasteiger charge is 2.29. The van der Waals surface area contributed by atoms with Crippen molar-refractivity contribution in [3.63, 3.8) is 0 Å². The minimum atomic E-state index is -0.428. The van der Waals surface area contributed by atoms with Crippen LogP contribution in [-0.4, -0.2) is 36.0 Å². The molecule has 1 fully saturated rings. The number of urea groups is 1. The average molecular weight is 373 g/mol. The minimum absolute atomic E-state index is 0.203. The highest BCUT2D eigenvalue weighted by atomic mass is 127. The summed E-state index contributed by atoms with van der Waals surface area (Å²) in [5, 5.41) is 5.75. The van der Waals surface area contributed by atoms with Gasteiger partial charge in [-0.1, -0.05) is 6.07 Å². The number of benzene rings is 1. The van der Waals surface area contributed by atoms with Crippen LogP contribution in [0.4, 0.5) is 10.5 Å². The number of aryl methyl sites for hydroxylation is 1. The standard InChI is InChI=1S/C13H16IN3O2/c1-8-3-4-10(7-11(8)14)16-9(2)12(18)17-6-5-15-13(17)19/h3-4,7,9,16H,5-6H2,1-2H3,(H,15,19). The summed E-state index contributed by atoms with van der Waals surface area (Å²) < 4.78 is 1.14. The van der Waals surface area contributed by atoms with Crippen LogP contribution in [0.15, 0.2) is 18.2 Å². The predicted octanol–water partition coefficient (Wildman–Crippen LogP) is 1.95. The number of hydrogen-bond donors (Lipinski definition) is 2. The lowest BCUT2D eigenvalue weighted by Gasteiger charge is -2.20. The molecule has 0 saturated carbocycles. The number of carbonyl (C=O) groups is 2. The van der Waals surface area contributed by atoms with Gasteiger partial charge >= 0.3 is 6.03 Å². The van der Waals surface area contributed by atoms with Gasteiger partial charge in [0.25, 0.3) is 5.91 Å². The first-order chi connectivity index (χ1) is 8.99. The van der Waals surface area contributed by atoms with Gasteiger partial charge in [0.1, 0.15) is 6.04 Å². The molecule has 2 N–H and O–H groups in total. The molecule has 5 nitrogen and oxygen atoms in total. The van der Waals surface area contributed by atoms with Crippen LogP contribution in [0.25, 0.3) is 0 Å². The molecule has 2 rings (SSSR count). The molecule has 6 heteroatoms. The van der Waals surface area contributed by atoms with E-state index in [0.717, 1.165) is 9.26 Å². The van der Waals surface area contributed by atoms with Gasteiger partial charge in [0.2, 0.25) is 0 Å². The first kappa shape index (κ1) is 14.1. The Bertz CT molecular complexity index is 519. The second-order valence-electron chi connectivity index (χ2n) is 4.55. The predicted molar refractivity (Wildman–Crippen MR) is 82.1 cm³/mol. The van der Waals surface area contributed by atoms with Crippen molar-refractivity contribution in [2.75, 3.05) is 18.4 Å². The molecule has 3 amide bonds. The second-order valence-corrected chi connectivity index (χ2v) is 5.71. The third kappa shape index (κ3) is 3.17. The lowest BCUT2D eigenvalue weighted by atomic mass is 10.2. The number of nitrogens with zero attached hydrogens (tertiary/aromatic N) is 1. The first-order valence-corrected chi connectivity index (χ1v) is 7.19. The van der Waals surface area contributed by atoms with Gasteiger partial charge in [-0.25, -0.2) is 4.79 Å². The Morgan fingerprint density at radius 2 is 2.26 bits per heavy atom. The van der Waals surface area contributed by atoms with Crippen LogP contribution in [-0.2, 0) is 4.79 Å². The zero-order valence-corrected chi connectivity index (χ0v) is 13.0. The van der Waals surface area contributed by atoms with Crippen molar-refractivity contribution >= 4 is 40.2 Å². The number of anilines is 1. The van der Waals surface area contributed by atoms with Crippen molar-refractivity contribution in [1.29, 1.82) is 0 Å². The van der Waals surface area contributed by atoms with E-state index in [4.69, 9.17) is 0 Å². The van der Waals surface area contributed by atoms with Crippen molar-refractivity contribution in [3.05, 3.63) is 27.3 Å². The third-order valence-corrected chi connectivity index (χ3v) is 4.21. The van der Waals surface area contributed by atoms with Crippen LogP contribution >= 0.6 is 22.6 Å². The van der Waals surface area contributed by atoms with E-state index in [1.54, 1.807) is 6.92 Å². The van der Waals surface area contributed by atoms with Crippen molar-refractivity contribution < 1.29 is 9.59 Å². The Morgan fingerprint density at radius 3 is 2.84 bits per heavy atom. The summed E-state index contributed by atoms with van der Waals surface area (Å²) in [7, 11) is 0. The number of imide groups is 1. The number of halogens is 1. The Labute approximate surface area is 125 Å². The van der Waals surface area contributed by atoms with E-state index >= 15 is 0 Å². The molecule has 0 aromatic heterocycles. The smallest absolute Gasteiger partial charge is 0.324 e. The summed E-state index contributed by atoms with van der Waals surface area (Å²) in [6.45, 7) is 4.77. The van der Waals surface area contributed by atoms with Gasteiger partial charge in [-0.05, 0) is 54.1 Å². The van der Waals surface area contributed by atoms with Crippen molar-refractivity contribution in [1.82, 2.24) is 10.2 Å². The zero-order chi connectivity index (χ0) is 14.0. The van der Waals surface area contributed by atoms with E-state index in [2.05, 4.69) is 33.2 Å². The number of amides is 3. The summed E-state index contributed by atoms with van der Waals surface area (Å²) in [6, 6.07) is 5.19. The summed E-state index contributed by atoms with van der Waals surface area (Å²) in [5.41, 5.74) is 2.08. The summed E-state index contributed by atoms with van der Waals surface area (Å²) in [5.74, 6) is -0.203. The summed E-state index contributed by atoms with van der Waals surface area (Å²) in [6.07, 6.45) is 0. The van der Waals surface area contributed by atoms with Crippen LogP contribution < -0.4 is 10.6 Å². The Hall–Kier alpha value is -1.31. The molecule has 1 aromatic rings. The maximum atomic E-state index is 12.1. The zero-order valence-electron chi connectivity index (χ0n) is 10.9. The van der Waals surface area contributed by atoms with Gasteiger partial charge in [-0.2, -0.15) is 0 Å². The molecular formula is C13H16IN3O2. The van der Waals surface area contributed by atoms with Crippen LogP contribution in [0.2, 0.25) is 0 Å². The molecule has 102 valence electrons. The molecule has 19 heavy (non-hydrogen) atoms. The van der Waals surface area contributed by atoms with Crippen molar-refractivity contribution in [2.24, 2.45) is 0 Å². The second kappa shape index (κ2) is 5.77. The normalized spacial score (nSPS) is 16.2. The number of carbonyl (C=O) groups excluding carboxylic acids is 2. The molecule has 0 spiro atoms. The largest absolute Gasteiger partial charge is 0.374 e. The molecule has 0 radical (unpaired) electrons. The molecule has 1 aromatic carbocycles. The van der Waals surface area contributed by atoms with E-state index in [9.17, 15) is 9.59 Å². The average Bonchev–Trinajstić information content (AvgIpc) is 2.79. The topological polar surface area (TPSA) is 61.4 Å². The Balaban J connectivity index is 2.03. The highest BCUT2D eigenvalue weighted by molar-refractivity contribution is 14.1. The van der Waals surface area contributed by atoms with Crippen molar-refractivity contribution in [2.45, 2.75) is 19.9 Å².